The molecular formula is C24H20ClN3O4. The van der Waals surface area contributed by atoms with E-state index in [1.807, 2.05) is 18.2 Å². The number of aliphatic hydroxyl groups is 1. The van der Waals surface area contributed by atoms with E-state index in [1.165, 1.54) is 0 Å². The molecule has 1 fully saturated rings. The second-order valence-corrected chi connectivity index (χ2v) is 7.78. The summed E-state index contributed by atoms with van der Waals surface area (Å²) < 4.78 is 0. The fourth-order valence-corrected chi connectivity index (χ4v) is 3.63. The van der Waals surface area contributed by atoms with Crippen molar-refractivity contribution in [3.63, 3.8) is 0 Å². The number of para-hydroxylation sites is 1. The molecule has 0 spiro atoms. The van der Waals surface area contributed by atoms with Crippen LogP contribution in [0.3, 0.4) is 0 Å². The molecule has 1 heterocycles. The second-order valence-electron chi connectivity index (χ2n) is 7.34. The van der Waals surface area contributed by atoms with E-state index in [0.717, 1.165) is 16.0 Å². The standard InChI is InChI=1S/C24H20ClN3O4/c25-18-11-9-15(10-12-18)16-5-4-6-17(13-16)22(30)21-23(31)28(24(32)27-21)14-20(29)26-19-7-2-1-3-8-19/h1-13,21-22,30H,14H2,(H,26,29)(H,27,32). The zero-order valence-corrected chi connectivity index (χ0v) is 17.6. The molecule has 3 aromatic carbocycles. The van der Waals surface area contributed by atoms with Crippen LogP contribution in [0.5, 0.6) is 0 Å². The summed E-state index contributed by atoms with van der Waals surface area (Å²) >= 11 is 5.94. The van der Waals surface area contributed by atoms with Crippen LogP contribution in [-0.4, -0.2) is 40.4 Å². The Kier molecular flexibility index (Phi) is 6.20. The number of anilines is 1. The lowest BCUT2D eigenvalue weighted by Crippen LogP contribution is -2.39. The van der Waals surface area contributed by atoms with Crippen molar-refractivity contribution in [2.45, 2.75) is 12.1 Å². The van der Waals surface area contributed by atoms with Crippen LogP contribution in [0.4, 0.5) is 10.5 Å². The van der Waals surface area contributed by atoms with Gasteiger partial charge in [0.2, 0.25) is 5.91 Å². The van der Waals surface area contributed by atoms with Gasteiger partial charge in [0.1, 0.15) is 18.7 Å². The fraction of sp³-hybridized carbons (Fsp3) is 0.125. The van der Waals surface area contributed by atoms with Crippen LogP contribution in [-0.2, 0) is 9.59 Å². The molecule has 162 valence electrons. The monoisotopic (exact) mass is 449 g/mol. The molecule has 1 saturated heterocycles. The van der Waals surface area contributed by atoms with Crippen molar-refractivity contribution < 1.29 is 19.5 Å². The zero-order valence-electron chi connectivity index (χ0n) is 16.9. The number of urea groups is 1. The number of rotatable bonds is 6. The number of amides is 4. The van der Waals surface area contributed by atoms with Crippen molar-refractivity contribution in [2.24, 2.45) is 0 Å². The number of nitrogens with one attached hydrogen (secondary N) is 2. The number of benzene rings is 3. The summed E-state index contributed by atoms with van der Waals surface area (Å²) in [6.07, 6.45) is -1.28. The van der Waals surface area contributed by atoms with Crippen LogP contribution < -0.4 is 10.6 Å². The van der Waals surface area contributed by atoms with Gasteiger partial charge in [-0.1, -0.05) is 60.1 Å². The van der Waals surface area contributed by atoms with E-state index in [-0.39, 0.29) is 0 Å². The van der Waals surface area contributed by atoms with Crippen molar-refractivity contribution >= 4 is 35.1 Å². The number of carbonyl (C=O) groups excluding carboxylic acids is 3. The summed E-state index contributed by atoms with van der Waals surface area (Å²) in [5, 5.41) is 16.5. The summed E-state index contributed by atoms with van der Waals surface area (Å²) in [6.45, 7) is -0.451. The Bertz CT molecular complexity index is 1150. The highest BCUT2D eigenvalue weighted by atomic mass is 35.5. The fourth-order valence-electron chi connectivity index (χ4n) is 3.51. The third-order valence-corrected chi connectivity index (χ3v) is 5.39. The average molecular weight is 450 g/mol. The van der Waals surface area contributed by atoms with E-state index in [4.69, 9.17) is 11.6 Å². The molecule has 1 aliphatic heterocycles. The molecule has 32 heavy (non-hydrogen) atoms. The summed E-state index contributed by atoms with van der Waals surface area (Å²) in [4.78, 5) is 38.2. The van der Waals surface area contributed by atoms with Gasteiger partial charge in [0, 0.05) is 10.7 Å². The second kappa shape index (κ2) is 9.21. The van der Waals surface area contributed by atoms with E-state index in [0.29, 0.717) is 16.3 Å². The normalized spacial score (nSPS) is 16.6. The van der Waals surface area contributed by atoms with Crippen LogP contribution >= 0.6 is 11.6 Å². The molecule has 0 bridgehead atoms. The van der Waals surface area contributed by atoms with Crippen molar-refractivity contribution in [3.8, 4) is 11.1 Å². The van der Waals surface area contributed by atoms with Gasteiger partial charge in [-0.2, -0.15) is 0 Å². The molecule has 2 unspecified atom stereocenters. The zero-order chi connectivity index (χ0) is 22.7. The highest BCUT2D eigenvalue weighted by Crippen LogP contribution is 2.27. The quantitative estimate of drug-likeness (QED) is 0.501. The van der Waals surface area contributed by atoms with Crippen LogP contribution in [0.1, 0.15) is 11.7 Å². The maximum Gasteiger partial charge on any atom is 0.325 e. The molecule has 2 atom stereocenters. The maximum atomic E-state index is 12.8. The van der Waals surface area contributed by atoms with Crippen LogP contribution in [0, 0.1) is 0 Å². The predicted molar refractivity (Wildman–Crippen MR) is 121 cm³/mol. The highest BCUT2D eigenvalue weighted by molar-refractivity contribution is 6.30. The van der Waals surface area contributed by atoms with Gasteiger partial charge in [0.05, 0.1) is 0 Å². The summed E-state index contributed by atoms with van der Waals surface area (Å²) in [6, 6.07) is 21.1. The van der Waals surface area contributed by atoms with Crippen molar-refractivity contribution in [1.82, 2.24) is 10.2 Å². The minimum Gasteiger partial charge on any atom is -0.386 e. The van der Waals surface area contributed by atoms with Crippen LogP contribution in [0.15, 0.2) is 78.9 Å². The Morgan fingerprint density at radius 2 is 1.72 bits per heavy atom. The Labute approximate surface area is 189 Å². The Balaban J connectivity index is 1.46. The summed E-state index contributed by atoms with van der Waals surface area (Å²) in [7, 11) is 0. The van der Waals surface area contributed by atoms with E-state index >= 15 is 0 Å². The summed E-state index contributed by atoms with van der Waals surface area (Å²) in [5.41, 5.74) is 2.74. The minimum atomic E-state index is -1.28. The lowest BCUT2D eigenvalue weighted by atomic mass is 9.97. The Morgan fingerprint density at radius 3 is 2.44 bits per heavy atom. The lowest BCUT2D eigenvalue weighted by molar-refractivity contribution is -0.132. The first-order chi connectivity index (χ1) is 15.4. The van der Waals surface area contributed by atoms with Crippen molar-refractivity contribution in [1.29, 1.82) is 0 Å². The SMILES string of the molecule is O=C(CN1C(=O)NC(C(O)c2cccc(-c3ccc(Cl)cc3)c2)C1=O)Nc1ccccc1. The van der Waals surface area contributed by atoms with Crippen LogP contribution in [0.2, 0.25) is 5.02 Å². The third kappa shape index (κ3) is 4.64. The van der Waals surface area contributed by atoms with Gasteiger partial charge < -0.3 is 15.7 Å². The van der Waals surface area contributed by atoms with Crippen molar-refractivity contribution in [3.05, 3.63) is 89.4 Å². The van der Waals surface area contributed by atoms with Gasteiger partial charge >= 0.3 is 6.03 Å². The number of hydrogen-bond acceptors (Lipinski definition) is 4. The minimum absolute atomic E-state index is 0.451. The molecule has 1 aliphatic rings. The molecule has 0 radical (unpaired) electrons. The first-order valence-electron chi connectivity index (χ1n) is 9.93. The molecule has 3 N–H and O–H groups in total. The molecule has 0 aromatic heterocycles. The molecule has 4 amide bonds. The number of carbonyl (C=O) groups is 3. The van der Waals surface area contributed by atoms with Gasteiger partial charge in [-0.3, -0.25) is 14.5 Å². The van der Waals surface area contributed by atoms with Gasteiger partial charge in [-0.15, -0.1) is 0 Å². The molecular weight excluding hydrogens is 430 g/mol. The van der Waals surface area contributed by atoms with Crippen LogP contribution in [0.25, 0.3) is 11.1 Å². The summed E-state index contributed by atoms with van der Waals surface area (Å²) in [5.74, 6) is -1.18. The van der Waals surface area contributed by atoms with Gasteiger partial charge in [0.25, 0.3) is 5.91 Å². The molecule has 0 saturated carbocycles. The molecule has 0 aliphatic carbocycles. The molecule has 3 aromatic rings. The Morgan fingerprint density at radius 1 is 1.00 bits per heavy atom. The van der Waals surface area contributed by atoms with Gasteiger partial charge in [0.15, 0.2) is 0 Å². The van der Waals surface area contributed by atoms with Crippen molar-refractivity contribution in [2.75, 3.05) is 11.9 Å². The van der Waals surface area contributed by atoms with E-state index < -0.39 is 36.5 Å². The number of nitrogens with zero attached hydrogens (tertiary/aromatic N) is 1. The van der Waals surface area contributed by atoms with E-state index in [9.17, 15) is 19.5 Å². The topological polar surface area (TPSA) is 98.7 Å². The number of hydrogen-bond donors (Lipinski definition) is 3. The number of aliphatic hydroxyl groups excluding tert-OH is 1. The first kappa shape index (κ1) is 21.5. The number of halogens is 1. The Hall–Kier alpha value is -3.68. The molecule has 7 nitrogen and oxygen atoms in total. The predicted octanol–water partition coefficient (Wildman–Crippen LogP) is 3.60. The largest absolute Gasteiger partial charge is 0.386 e. The van der Waals surface area contributed by atoms with E-state index in [1.54, 1.807) is 60.7 Å². The lowest BCUT2D eigenvalue weighted by Gasteiger charge is -2.18. The average Bonchev–Trinajstić information content (AvgIpc) is 3.08. The number of imide groups is 1. The third-order valence-electron chi connectivity index (χ3n) is 5.14. The maximum absolute atomic E-state index is 12.8. The smallest absolute Gasteiger partial charge is 0.325 e. The molecule has 4 rings (SSSR count). The first-order valence-corrected chi connectivity index (χ1v) is 10.3. The van der Waals surface area contributed by atoms with Gasteiger partial charge in [-0.25, -0.2) is 4.79 Å². The van der Waals surface area contributed by atoms with Gasteiger partial charge in [-0.05, 0) is 47.0 Å². The molecule has 8 heteroatoms. The van der Waals surface area contributed by atoms with E-state index in [2.05, 4.69) is 10.6 Å². The highest BCUT2D eigenvalue weighted by Gasteiger charge is 2.43.